The molecule has 0 radical (unpaired) electrons. The molecule has 0 amide bonds. The number of cyclic esters (lactones) is 1. The molecule has 0 aliphatic carbocycles. The molecule has 0 N–H and O–H groups in total. The van der Waals surface area contributed by atoms with E-state index in [1.54, 1.807) is 6.08 Å². The third kappa shape index (κ3) is 2.50. The van der Waals surface area contributed by atoms with Gasteiger partial charge in [-0.25, -0.2) is 0 Å². The highest BCUT2D eigenvalue weighted by molar-refractivity contribution is 5.86. The molecule has 0 spiro atoms. The fourth-order valence-corrected chi connectivity index (χ4v) is 1.92. The Bertz CT molecular complexity index is 629. The Balaban J connectivity index is 1.92. The predicted octanol–water partition coefficient (Wildman–Crippen LogP) is 3.77. The molecule has 0 aromatic heterocycles. The number of benzene rings is 2. The maximum Gasteiger partial charge on any atom is 0.315 e. The standard InChI is InChI=1S/C16H12O3/c17-16-11-10-15(19-16)13-8-4-5-9-14(13)18-12-6-2-1-3-7-12/h1-10H,11H2. The van der Waals surface area contributed by atoms with E-state index in [4.69, 9.17) is 9.47 Å². The van der Waals surface area contributed by atoms with Gasteiger partial charge in [-0.05, 0) is 30.3 Å². The lowest BCUT2D eigenvalue weighted by Gasteiger charge is -2.11. The van der Waals surface area contributed by atoms with Crippen molar-refractivity contribution in [2.45, 2.75) is 6.42 Å². The molecule has 0 bridgehead atoms. The predicted molar refractivity (Wildman–Crippen MR) is 71.6 cm³/mol. The molecule has 3 heteroatoms. The smallest absolute Gasteiger partial charge is 0.315 e. The molecule has 1 heterocycles. The Hall–Kier alpha value is -2.55. The van der Waals surface area contributed by atoms with Gasteiger partial charge in [0.1, 0.15) is 17.3 Å². The van der Waals surface area contributed by atoms with E-state index in [1.807, 2.05) is 54.6 Å². The maximum absolute atomic E-state index is 11.2. The van der Waals surface area contributed by atoms with E-state index < -0.39 is 0 Å². The fourth-order valence-electron chi connectivity index (χ4n) is 1.92. The van der Waals surface area contributed by atoms with Crippen LogP contribution in [0.25, 0.3) is 5.76 Å². The van der Waals surface area contributed by atoms with Gasteiger partial charge in [-0.1, -0.05) is 30.3 Å². The number of rotatable bonds is 3. The SMILES string of the molecule is O=C1CC=C(c2ccccc2Oc2ccccc2)O1. The molecule has 0 atom stereocenters. The summed E-state index contributed by atoms with van der Waals surface area (Å²) in [6, 6.07) is 17.0. The van der Waals surface area contributed by atoms with Crippen LogP contribution in [0.15, 0.2) is 60.7 Å². The van der Waals surface area contributed by atoms with Crippen molar-refractivity contribution < 1.29 is 14.3 Å². The Morgan fingerprint density at radius 3 is 2.42 bits per heavy atom. The molecule has 3 rings (SSSR count). The zero-order chi connectivity index (χ0) is 13.1. The van der Waals surface area contributed by atoms with Gasteiger partial charge in [-0.3, -0.25) is 4.79 Å². The number of ether oxygens (including phenoxy) is 2. The van der Waals surface area contributed by atoms with Crippen LogP contribution in [0.2, 0.25) is 0 Å². The van der Waals surface area contributed by atoms with Gasteiger partial charge in [0.15, 0.2) is 0 Å². The molecule has 1 aliphatic heterocycles. The monoisotopic (exact) mass is 252 g/mol. The van der Waals surface area contributed by atoms with Gasteiger partial charge in [0.05, 0.1) is 12.0 Å². The van der Waals surface area contributed by atoms with E-state index >= 15 is 0 Å². The fraction of sp³-hybridized carbons (Fsp3) is 0.0625. The number of esters is 1. The zero-order valence-corrected chi connectivity index (χ0v) is 10.2. The van der Waals surface area contributed by atoms with E-state index in [-0.39, 0.29) is 5.97 Å². The van der Waals surface area contributed by atoms with Crippen LogP contribution in [-0.2, 0) is 9.53 Å². The summed E-state index contributed by atoms with van der Waals surface area (Å²) in [4.78, 5) is 11.2. The third-order valence-electron chi connectivity index (χ3n) is 2.80. The van der Waals surface area contributed by atoms with E-state index in [2.05, 4.69) is 0 Å². The van der Waals surface area contributed by atoms with E-state index in [0.29, 0.717) is 17.9 Å². The second kappa shape index (κ2) is 4.98. The highest BCUT2D eigenvalue weighted by Crippen LogP contribution is 2.33. The molecule has 1 aliphatic rings. The summed E-state index contributed by atoms with van der Waals surface area (Å²) >= 11 is 0. The molecule has 0 unspecified atom stereocenters. The number of carbonyl (C=O) groups excluding carboxylic acids is 1. The van der Waals surface area contributed by atoms with Crippen LogP contribution in [0.5, 0.6) is 11.5 Å². The van der Waals surface area contributed by atoms with Gasteiger partial charge < -0.3 is 9.47 Å². The average molecular weight is 252 g/mol. The van der Waals surface area contributed by atoms with Crippen molar-refractivity contribution in [1.82, 2.24) is 0 Å². The third-order valence-corrected chi connectivity index (χ3v) is 2.80. The van der Waals surface area contributed by atoms with Crippen LogP contribution in [0.4, 0.5) is 0 Å². The normalized spacial score (nSPS) is 13.9. The maximum atomic E-state index is 11.2. The van der Waals surface area contributed by atoms with Gasteiger partial charge in [0.25, 0.3) is 0 Å². The van der Waals surface area contributed by atoms with Crippen LogP contribution in [0.1, 0.15) is 12.0 Å². The van der Waals surface area contributed by atoms with Crippen LogP contribution in [0, 0.1) is 0 Å². The van der Waals surface area contributed by atoms with E-state index in [1.165, 1.54) is 0 Å². The van der Waals surface area contributed by atoms with E-state index in [0.717, 1.165) is 11.3 Å². The highest BCUT2D eigenvalue weighted by atomic mass is 16.5. The molecule has 0 fully saturated rings. The summed E-state index contributed by atoms with van der Waals surface area (Å²) in [5.74, 6) is 1.76. The topological polar surface area (TPSA) is 35.5 Å². The quantitative estimate of drug-likeness (QED) is 0.780. The Morgan fingerprint density at radius 2 is 1.68 bits per heavy atom. The van der Waals surface area contributed by atoms with Crippen LogP contribution in [0.3, 0.4) is 0 Å². The van der Waals surface area contributed by atoms with Crippen molar-refractivity contribution in [1.29, 1.82) is 0 Å². The lowest BCUT2D eigenvalue weighted by atomic mass is 10.1. The summed E-state index contributed by atoms with van der Waals surface area (Å²) in [5.41, 5.74) is 0.789. The van der Waals surface area contributed by atoms with Gasteiger partial charge >= 0.3 is 5.97 Å². The molecular weight excluding hydrogens is 240 g/mol. The first kappa shape index (κ1) is 11.5. The van der Waals surface area contributed by atoms with Crippen molar-refractivity contribution in [2.75, 3.05) is 0 Å². The molecule has 2 aromatic carbocycles. The minimum Gasteiger partial charge on any atom is -0.457 e. The Kier molecular flexibility index (Phi) is 3.02. The summed E-state index contributed by atoms with van der Waals surface area (Å²) in [6.07, 6.45) is 2.09. The van der Waals surface area contributed by atoms with Gasteiger partial charge in [0.2, 0.25) is 0 Å². The molecule has 0 saturated heterocycles. The Labute approximate surface area is 111 Å². The number of hydrogen-bond donors (Lipinski definition) is 0. The van der Waals surface area contributed by atoms with Crippen LogP contribution >= 0.6 is 0 Å². The number of para-hydroxylation sites is 2. The van der Waals surface area contributed by atoms with E-state index in [9.17, 15) is 4.79 Å². The van der Waals surface area contributed by atoms with Crippen LogP contribution in [-0.4, -0.2) is 5.97 Å². The number of hydrogen-bond acceptors (Lipinski definition) is 3. The first-order valence-electron chi connectivity index (χ1n) is 6.06. The molecule has 2 aromatic rings. The summed E-state index contributed by atoms with van der Waals surface area (Å²) in [6.45, 7) is 0. The summed E-state index contributed by atoms with van der Waals surface area (Å²) in [5, 5.41) is 0. The zero-order valence-electron chi connectivity index (χ0n) is 10.2. The van der Waals surface area contributed by atoms with Gasteiger partial charge in [-0.2, -0.15) is 0 Å². The Morgan fingerprint density at radius 1 is 0.947 bits per heavy atom. The first-order chi connectivity index (χ1) is 9.33. The van der Waals surface area contributed by atoms with Gasteiger partial charge in [-0.15, -0.1) is 0 Å². The lowest BCUT2D eigenvalue weighted by Crippen LogP contribution is -1.95. The van der Waals surface area contributed by atoms with Gasteiger partial charge in [0, 0.05) is 0 Å². The van der Waals surface area contributed by atoms with Crippen LogP contribution < -0.4 is 4.74 Å². The molecule has 3 nitrogen and oxygen atoms in total. The second-order valence-corrected chi connectivity index (χ2v) is 4.16. The average Bonchev–Trinajstić information content (AvgIpc) is 2.87. The first-order valence-corrected chi connectivity index (χ1v) is 6.06. The minimum absolute atomic E-state index is 0.232. The van der Waals surface area contributed by atoms with Crippen molar-refractivity contribution in [3.05, 3.63) is 66.2 Å². The molecule has 19 heavy (non-hydrogen) atoms. The number of carbonyl (C=O) groups is 1. The molecule has 94 valence electrons. The molecular formula is C16H12O3. The van der Waals surface area contributed by atoms with Crippen molar-refractivity contribution in [3.8, 4) is 11.5 Å². The lowest BCUT2D eigenvalue weighted by molar-refractivity contribution is -0.134. The highest BCUT2D eigenvalue weighted by Gasteiger charge is 2.19. The van der Waals surface area contributed by atoms with Crippen molar-refractivity contribution >= 4 is 11.7 Å². The largest absolute Gasteiger partial charge is 0.457 e. The van der Waals surface area contributed by atoms with Crippen molar-refractivity contribution in [3.63, 3.8) is 0 Å². The van der Waals surface area contributed by atoms with Crippen molar-refractivity contribution in [2.24, 2.45) is 0 Å². The summed E-state index contributed by atoms with van der Waals surface area (Å²) < 4.78 is 11.0. The molecule has 0 saturated carbocycles. The second-order valence-electron chi connectivity index (χ2n) is 4.16. The minimum atomic E-state index is -0.232. The summed E-state index contributed by atoms with van der Waals surface area (Å²) in [7, 11) is 0.